The summed E-state index contributed by atoms with van der Waals surface area (Å²) in [5.74, 6) is -0.0436. The summed E-state index contributed by atoms with van der Waals surface area (Å²) in [7, 11) is 3.48. The highest BCUT2D eigenvalue weighted by Crippen LogP contribution is 2.14. The second kappa shape index (κ2) is 7.00. The minimum atomic E-state index is -0.295. The number of carbonyl (C=O) groups is 1. The van der Waals surface area contributed by atoms with Gasteiger partial charge in [0.05, 0.1) is 18.0 Å². The number of carbonyl (C=O) groups excluding carboxylic acids is 1. The molecule has 1 amide bonds. The van der Waals surface area contributed by atoms with Gasteiger partial charge in [0.2, 0.25) is 5.91 Å². The van der Waals surface area contributed by atoms with Gasteiger partial charge in [0.25, 0.3) is 0 Å². The molecule has 18 heavy (non-hydrogen) atoms. The first-order chi connectivity index (χ1) is 8.58. The second-order valence-corrected chi connectivity index (χ2v) is 4.17. The average Bonchev–Trinajstić information content (AvgIpc) is 2.69. The summed E-state index contributed by atoms with van der Waals surface area (Å²) >= 11 is 0. The van der Waals surface area contributed by atoms with Crippen molar-refractivity contribution >= 4 is 11.6 Å². The number of hydrogen-bond acceptors (Lipinski definition) is 4. The quantitative estimate of drug-likeness (QED) is 0.697. The van der Waals surface area contributed by atoms with Crippen molar-refractivity contribution in [1.29, 1.82) is 0 Å². The molecule has 2 N–H and O–H groups in total. The van der Waals surface area contributed by atoms with Crippen LogP contribution in [0.15, 0.2) is 6.20 Å². The first-order valence-corrected chi connectivity index (χ1v) is 6.14. The van der Waals surface area contributed by atoms with Crippen LogP contribution in [0.1, 0.15) is 19.5 Å². The molecule has 0 saturated carbocycles. The zero-order valence-corrected chi connectivity index (χ0v) is 11.5. The van der Waals surface area contributed by atoms with E-state index in [0.29, 0.717) is 13.2 Å². The fourth-order valence-corrected chi connectivity index (χ4v) is 1.64. The van der Waals surface area contributed by atoms with Gasteiger partial charge in [0, 0.05) is 26.9 Å². The summed E-state index contributed by atoms with van der Waals surface area (Å²) < 4.78 is 6.63. The molecule has 1 aromatic rings. The van der Waals surface area contributed by atoms with E-state index in [2.05, 4.69) is 15.7 Å². The maximum Gasteiger partial charge on any atom is 0.242 e. The molecule has 0 radical (unpaired) electrons. The predicted molar refractivity (Wildman–Crippen MR) is 70.6 cm³/mol. The van der Waals surface area contributed by atoms with Crippen LogP contribution in [0.2, 0.25) is 0 Å². The summed E-state index contributed by atoms with van der Waals surface area (Å²) in [6.07, 6.45) is 2.72. The molecule has 6 heteroatoms. The zero-order valence-electron chi connectivity index (χ0n) is 11.5. The van der Waals surface area contributed by atoms with Gasteiger partial charge in [-0.1, -0.05) is 6.92 Å². The number of hydrogen-bond donors (Lipinski definition) is 2. The van der Waals surface area contributed by atoms with Crippen LogP contribution in [0.25, 0.3) is 0 Å². The molecule has 1 aromatic heterocycles. The molecule has 1 heterocycles. The molecular formula is C12H22N4O2. The SMILES string of the molecule is CCc1nn(C)cc1NC(C)C(=O)NCCOC. The van der Waals surface area contributed by atoms with Crippen LogP contribution in [0.5, 0.6) is 0 Å². The number of rotatable bonds is 7. The first-order valence-electron chi connectivity index (χ1n) is 6.14. The number of nitrogens with zero attached hydrogens (tertiary/aromatic N) is 2. The van der Waals surface area contributed by atoms with Gasteiger partial charge in [-0.15, -0.1) is 0 Å². The number of nitrogens with one attached hydrogen (secondary N) is 2. The predicted octanol–water partition coefficient (Wildman–Crippen LogP) is 0.546. The fraction of sp³-hybridized carbons (Fsp3) is 0.667. The Morgan fingerprint density at radius 1 is 1.61 bits per heavy atom. The summed E-state index contributed by atoms with van der Waals surface area (Å²) in [5, 5.41) is 10.3. The summed E-state index contributed by atoms with van der Waals surface area (Å²) in [5.41, 5.74) is 1.88. The van der Waals surface area contributed by atoms with Crippen LogP contribution in [0.4, 0.5) is 5.69 Å². The van der Waals surface area contributed by atoms with Crippen LogP contribution in [0.3, 0.4) is 0 Å². The molecule has 102 valence electrons. The Labute approximate surface area is 108 Å². The van der Waals surface area contributed by atoms with E-state index in [1.54, 1.807) is 11.8 Å². The van der Waals surface area contributed by atoms with Crippen molar-refractivity contribution < 1.29 is 9.53 Å². The van der Waals surface area contributed by atoms with E-state index in [4.69, 9.17) is 4.74 Å². The molecule has 0 fully saturated rings. The number of aromatic nitrogens is 2. The molecular weight excluding hydrogens is 232 g/mol. The van der Waals surface area contributed by atoms with Crippen LogP contribution in [-0.2, 0) is 23.0 Å². The van der Waals surface area contributed by atoms with E-state index < -0.39 is 0 Å². The lowest BCUT2D eigenvalue weighted by Crippen LogP contribution is -2.39. The maximum atomic E-state index is 11.8. The zero-order chi connectivity index (χ0) is 13.5. The fourth-order valence-electron chi connectivity index (χ4n) is 1.64. The lowest BCUT2D eigenvalue weighted by molar-refractivity contribution is -0.121. The van der Waals surface area contributed by atoms with Gasteiger partial charge in [-0.25, -0.2) is 0 Å². The second-order valence-electron chi connectivity index (χ2n) is 4.17. The van der Waals surface area contributed by atoms with Crippen molar-refractivity contribution in [3.8, 4) is 0 Å². The Balaban J connectivity index is 2.52. The van der Waals surface area contributed by atoms with E-state index in [9.17, 15) is 4.79 Å². The van der Waals surface area contributed by atoms with E-state index in [-0.39, 0.29) is 11.9 Å². The van der Waals surface area contributed by atoms with Gasteiger partial charge in [0.15, 0.2) is 0 Å². The van der Waals surface area contributed by atoms with Crippen molar-refractivity contribution in [2.75, 3.05) is 25.6 Å². The lowest BCUT2D eigenvalue weighted by Gasteiger charge is -2.14. The minimum Gasteiger partial charge on any atom is -0.383 e. The summed E-state index contributed by atoms with van der Waals surface area (Å²) in [6, 6.07) is -0.295. The van der Waals surface area contributed by atoms with Gasteiger partial charge in [-0.2, -0.15) is 5.10 Å². The number of amides is 1. The molecule has 0 spiro atoms. The van der Waals surface area contributed by atoms with Crippen LogP contribution in [0, 0.1) is 0 Å². The highest BCUT2D eigenvalue weighted by Gasteiger charge is 2.14. The number of aryl methyl sites for hydroxylation is 2. The number of anilines is 1. The highest BCUT2D eigenvalue weighted by atomic mass is 16.5. The van der Waals surface area contributed by atoms with Gasteiger partial charge >= 0.3 is 0 Å². The third-order valence-corrected chi connectivity index (χ3v) is 2.61. The molecule has 0 saturated heterocycles. The molecule has 0 aliphatic heterocycles. The molecule has 1 unspecified atom stereocenters. The first kappa shape index (κ1) is 14.5. The number of ether oxygens (including phenoxy) is 1. The molecule has 0 aromatic carbocycles. The van der Waals surface area contributed by atoms with Crippen LogP contribution < -0.4 is 10.6 Å². The van der Waals surface area contributed by atoms with Gasteiger partial charge in [-0.05, 0) is 13.3 Å². The molecule has 0 aliphatic carbocycles. The van der Waals surface area contributed by atoms with E-state index in [1.165, 1.54) is 0 Å². The third-order valence-electron chi connectivity index (χ3n) is 2.61. The normalized spacial score (nSPS) is 12.2. The van der Waals surface area contributed by atoms with Gasteiger partial charge in [0.1, 0.15) is 6.04 Å². The smallest absolute Gasteiger partial charge is 0.242 e. The van der Waals surface area contributed by atoms with E-state index >= 15 is 0 Å². The third kappa shape index (κ3) is 4.03. The summed E-state index contributed by atoms with van der Waals surface area (Å²) in [6.45, 7) is 4.91. The standard InChI is InChI=1S/C12H22N4O2/c1-5-10-11(8-16(3)15-10)14-9(2)12(17)13-6-7-18-4/h8-9,14H,5-7H2,1-4H3,(H,13,17). The van der Waals surface area contributed by atoms with E-state index in [0.717, 1.165) is 17.8 Å². The van der Waals surface area contributed by atoms with Crippen molar-refractivity contribution in [2.45, 2.75) is 26.3 Å². The lowest BCUT2D eigenvalue weighted by atomic mass is 10.2. The topological polar surface area (TPSA) is 68.2 Å². The molecule has 1 atom stereocenters. The van der Waals surface area contributed by atoms with Crippen molar-refractivity contribution in [1.82, 2.24) is 15.1 Å². The van der Waals surface area contributed by atoms with Crippen LogP contribution in [-0.4, -0.2) is 42.0 Å². The number of methoxy groups -OCH3 is 1. The summed E-state index contributed by atoms with van der Waals surface area (Å²) in [4.78, 5) is 11.8. The monoisotopic (exact) mass is 254 g/mol. The van der Waals surface area contributed by atoms with Crippen molar-refractivity contribution in [2.24, 2.45) is 7.05 Å². The Kier molecular flexibility index (Phi) is 5.64. The van der Waals surface area contributed by atoms with Crippen LogP contribution >= 0.6 is 0 Å². The molecule has 0 bridgehead atoms. The molecule has 0 aliphatic rings. The Morgan fingerprint density at radius 3 is 2.94 bits per heavy atom. The van der Waals surface area contributed by atoms with Crippen molar-refractivity contribution in [3.63, 3.8) is 0 Å². The van der Waals surface area contributed by atoms with Gasteiger partial charge in [-0.3, -0.25) is 9.48 Å². The van der Waals surface area contributed by atoms with E-state index in [1.807, 2.05) is 27.1 Å². The Hall–Kier alpha value is -1.56. The Bertz CT molecular complexity index is 389. The minimum absolute atomic E-state index is 0.0436. The largest absolute Gasteiger partial charge is 0.383 e. The average molecular weight is 254 g/mol. The van der Waals surface area contributed by atoms with Crippen molar-refractivity contribution in [3.05, 3.63) is 11.9 Å². The molecule has 6 nitrogen and oxygen atoms in total. The Morgan fingerprint density at radius 2 is 2.33 bits per heavy atom. The molecule has 1 rings (SSSR count). The highest BCUT2D eigenvalue weighted by molar-refractivity contribution is 5.84. The maximum absolute atomic E-state index is 11.8. The van der Waals surface area contributed by atoms with Gasteiger partial charge < -0.3 is 15.4 Å².